The molecule has 0 amide bonds. The van der Waals surface area contributed by atoms with Crippen LogP contribution in [0.5, 0.6) is 0 Å². The molecule has 124 valence electrons. The van der Waals surface area contributed by atoms with Crippen molar-refractivity contribution < 1.29 is 8.42 Å². The van der Waals surface area contributed by atoms with Crippen molar-refractivity contribution in [2.24, 2.45) is 5.73 Å². The Hall–Kier alpha value is -1.78. The van der Waals surface area contributed by atoms with Gasteiger partial charge < -0.3 is 5.73 Å². The van der Waals surface area contributed by atoms with Gasteiger partial charge in [-0.25, -0.2) is 8.42 Å². The van der Waals surface area contributed by atoms with Gasteiger partial charge in [0.05, 0.1) is 18.4 Å². The summed E-state index contributed by atoms with van der Waals surface area (Å²) in [5.41, 5.74) is 6.98. The first-order chi connectivity index (χ1) is 10.0. The molecule has 0 bridgehead atoms. The summed E-state index contributed by atoms with van der Waals surface area (Å²) in [4.78, 5) is 4.04. The number of nitrogens with zero attached hydrogens (tertiary/aromatic N) is 1. The number of sulfonamides is 1. The Bertz CT molecular complexity index is 815. The molecular formula is C15H17Cl2N3O2S. The number of benzene rings is 1. The molecule has 0 saturated carbocycles. The molecule has 1 aromatic carbocycles. The molecule has 23 heavy (non-hydrogen) atoms. The Labute approximate surface area is 148 Å². The van der Waals surface area contributed by atoms with Gasteiger partial charge in [-0.05, 0) is 30.7 Å². The van der Waals surface area contributed by atoms with Gasteiger partial charge in [-0.15, -0.1) is 24.8 Å². The average Bonchev–Trinajstić information content (AvgIpc) is 2.47. The van der Waals surface area contributed by atoms with Crippen LogP contribution in [-0.2, 0) is 10.0 Å². The summed E-state index contributed by atoms with van der Waals surface area (Å²) < 4.78 is 27.5. The number of pyridine rings is 1. The van der Waals surface area contributed by atoms with Crippen LogP contribution in [0, 0.1) is 18.8 Å². The van der Waals surface area contributed by atoms with E-state index in [0.29, 0.717) is 11.3 Å². The van der Waals surface area contributed by atoms with Gasteiger partial charge in [0.2, 0.25) is 0 Å². The summed E-state index contributed by atoms with van der Waals surface area (Å²) in [6, 6.07) is 8.27. The number of nitrogens with two attached hydrogens (primary N) is 1. The zero-order valence-electron chi connectivity index (χ0n) is 12.3. The van der Waals surface area contributed by atoms with E-state index in [4.69, 9.17) is 5.73 Å². The van der Waals surface area contributed by atoms with Gasteiger partial charge in [-0.3, -0.25) is 9.71 Å². The second-order valence-corrected chi connectivity index (χ2v) is 5.95. The lowest BCUT2D eigenvalue weighted by molar-refractivity contribution is 0.601. The van der Waals surface area contributed by atoms with Crippen molar-refractivity contribution in [1.29, 1.82) is 0 Å². The van der Waals surface area contributed by atoms with Crippen molar-refractivity contribution in [3.8, 4) is 11.8 Å². The minimum atomic E-state index is -3.73. The largest absolute Gasteiger partial charge is 0.320 e. The van der Waals surface area contributed by atoms with Gasteiger partial charge in [0, 0.05) is 11.8 Å². The van der Waals surface area contributed by atoms with Crippen LogP contribution in [0.15, 0.2) is 47.6 Å². The van der Waals surface area contributed by atoms with E-state index in [0.717, 1.165) is 5.56 Å². The Balaban J connectivity index is 0.00000242. The molecule has 5 nitrogen and oxygen atoms in total. The van der Waals surface area contributed by atoms with Crippen LogP contribution in [0.2, 0.25) is 0 Å². The summed E-state index contributed by atoms with van der Waals surface area (Å²) >= 11 is 0. The average molecular weight is 374 g/mol. The maximum atomic E-state index is 12.5. The van der Waals surface area contributed by atoms with Crippen molar-refractivity contribution >= 4 is 40.5 Å². The number of anilines is 1. The van der Waals surface area contributed by atoms with Crippen molar-refractivity contribution in [3.05, 3.63) is 53.9 Å². The minimum Gasteiger partial charge on any atom is -0.320 e. The predicted molar refractivity (Wildman–Crippen MR) is 96.7 cm³/mol. The van der Waals surface area contributed by atoms with Crippen molar-refractivity contribution in [2.75, 3.05) is 11.3 Å². The topological polar surface area (TPSA) is 85.1 Å². The van der Waals surface area contributed by atoms with E-state index in [2.05, 4.69) is 21.5 Å². The monoisotopic (exact) mass is 373 g/mol. The Morgan fingerprint density at radius 2 is 1.91 bits per heavy atom. The van der Waals surface area contributed by atoms with Gasteiger partial charge in [0.15, 0.2) is 0 Å². The van der Waals surface area contributed by atoms with E-state index in [1.807, 2.05) is 0 Å². The Morgan fingerprint density at radius 1 is 1.22 bits per heavy atom. The third-order valence-electron chi connectivity index (χ3n) is 2.79. The molecule has 0 spiro atoms. The van der Waals surface area contributed by atoms with Gasteiger partial charge >= 0.3 is 0 Å². The highest BCUT2D eigenvalue weighted by Crippen LogP contribution is 2.20. The first kappa shape index (κ1) is 21.2. The van der Waals surface area contributed by atoms with Crippen LogP contribution in [0.4, 0.5) is 5.69 Å². The summed E-state index contributed by atoms with van der Waals surface area (Å²) in [6.07, 6.45) is 3.08. The quantitative estimate of drug-likeness (QED) is 0.808. The molecule has 0 radical (unpaired) electrons. The normalized spacial score (nSPS) is 9.65. The zero-order valence-corrected chi connectivity index (χ0v) is 14.8. The Morgan fingerprint density at radius 3 is 2.57 bits per heavy atom. The summed E-state index contributed by atoms with van der Waals surface area (Å²) in [6.45, 7) is 1.98. The number of rotatable bonds is 3. The standard InChI is InChI=1S/C15H15N3O2S.2ClH/c1-12-8-10-17-11-14(12)18-21(19,20)15-7-3-2-5-13(15)6-4-9-16;;/h2-3,5,7-8,10-11,18H,9,16H2,1H3;2*1H. The molecule has 0 atom stereocenters. The molecule has 1 heterocycles. The second-order valence-electron chi connectivity index (χ2n) is 4.30. The smallest absolute Gasteiger partial charge is 0.263 e. The van der Waals surface area contributed by atoms with Crippen molar-refractivity contribution in [1.82, 2.24) is 4.98 Å². The number of halogens is 2. The molecule has 2 aromatic rings. The van der Waals surface area contributed by atoms with Gasteiger partial charge in [-0.2, -0.15) is 0 Å². The van der Waals surface area contributed by atoms with E-state index in [1.165, 1.54) is 12.3 Å². The maximum absolute atomic E-state index is 12.5. The summed E-state index contributed by atoms with van der Waals surface area (Å²) in [5.74, 6) is 5.44. The number of aromatic nitrogens is 1. The number of hydrogen-bond acceptors (Lipinski definition) is 4. The second kappa shape index (κ2) is 9.38. The van der Waals surface area contributed by atoms with Crippen molar-refractivity contribution in [2.45, 2.75) is 11.8 Å². The zero-order chi connectivity index (χ0) is 15.3. The summed E-state index contributed by atoms with van der Waals surface area (Å²) in [7, 11) is -3.73. The summed E-state index contributed by atoms with van der Waals surface area (Å²) in [5, 5.41) is 0. The van der Waals surface area contributed by atoms with Crippen LogP contribution in [0.25, 0.3) is 0 Å². The molecular weight excluding hydrogens is 357 g/mol. The number of aryl methyl sites for hydroxylation is 1. The highest BCUT2D eigenvalue weighted by atomic mass is 35.5. The van der Waals surface area contributed by atoms with E-state index in [1.54, 1.807) is 37.4 Å². The predicted octanol–water partition coefficient (Wildman–Crippen LogP) is 2.34. The fourth-order valence-corrected chi connectivity index (χ4v) is 3.00. The van der Waals surface area contributed by atoms with E-state index >= 15 is 0 Å². The lowest BCUT2D eigenvalue weighted by atomic mass is 10.2. The van der Waals surface area contributed by atoms with E-state index in [-0.39, 0.29) is 36.3 Å². The molecule has 3 N–H and O–H groups in total. The van der Waals surface area contributed by atoms with Gasteiger partial charge in [-0.1, -0.05) is 24.0 Å². The third kappa shape index (κ3) is 5.41. The highest BCUT2D eigenvalue weighted by molar-refractivity contribution is 7.92. The van der Waals surface area contributed by atoms with Crippen molar-refractivity contribution in [3.63, 3.8) is 0 Å². The lowest BCUT2D eigenvalue weighted by Crippen LogP contribution is -2.15. The van der Waals surface area contributed by atoms with Crippen LogP contribution < -0.4 is 10.5 Å². The number of hydrogen-bond donors (Lipinski definition) is 2. The van der Waals surface area contributed by atoms with Gasteiger partial charge in [0.25, 0.3) is 10.0 Å². The maximum Gasteiger partial charge on any atom is 0.263 e. The number of nitrogens with one attached hydrogen (secondary N) is 1. The third-order valence-corrected chi connectivity index (χ3v) is 4.21. The molecule has 0 aliphatic heterocycles. The minimum absolute atomic E-state index is 0. The molecule has 2 rings (SSSR count). The molecule has 0 aliphatic rings. The molecule has 8 heteroatoms. The lowest BCUT2D eigenvalue weighted by Gasteiger charge is -2.11. The Kier molecular flexibility index (Phi) is 8.65. The highest BCUT2D eigenvalue weighted by Gasteiger charge is 2.18. The van der Waals surface area contributed by atoms with Crippen LogP contribution >= 0.6 is 24.8 Å². The van der Waals surface area contributed by atoms with Crippen LogP contribution in [-0.4, -0.2) is 19.9 Å². The fraction of sp³-hybridized carbons (Fsp3) is 0.133. The van der Waals surface area contributed by atoms with Gasteiger partial charge in [0.1, 0.15) is 4.90 Å². The first-order valence-corrected chi connectivity index (χ1v) is 7.74. The first-order valence-electron chi connectivity index (χ1n) is 6.26. The van der Waals surface area contributed by atoms with E-state index < -0.39 is 10.0 Å². The van der Waals surface area contributed by atoms with Crippen LogP contribution in [0.3, 0.4) is 0 Å². The molecule has 0 unspecified atom stereocenters. The molecule has 0 fully saturated rings. The van der Waals surface area contributed by atoms with Crippen LogP contribution in [0.1, 0.15) is 11.1 Å². The molecule has 1 aromatic heterocycles. The SMILES string of the molecule is Cc1ccncc1NS(=O)(=O)c1ccccc1C#CCN.Cl.Cl. The molecule has 0 aliphatic carbocycles. The van der Waals surface area contributed by atoms with E-state index in [9.17, 15) is 8.42 Å². The molecule has 0 saturated heterocycles. The fourth-order valence-electron chi connectivity index (χ4n) is 1.72.